The van der Waals surface area contributed by atoms with Crippen LogP contribution >= 0.6 is 10.8 Å². The highest BCUT2D eigenvalue weighted by Gasteiger charge is 2.31. The van der Waals surface area contributed by atoms with Crippen LogP contribution < -0.4 is 5.32 Å². The lowest BCUT2D eigenvalue weighted by atomic mass is 9.90. The van der Waals surface area contributed by atoms with Gasteiger partial charge in [-0.15, -0.1) is 10.8 Å². The van der Waals surface area contributed by atoms with Gasteiger partial charge in [0, 0.05) is 46.4 Å². The number of hydrogen-bond acceptors (Lipinski definition) is 6. The molecule has 0 aliphatic carbocycles. The highest BCUT2D eigenvalue weighted by atomic mass is 32.3. The summed E-state index contributed by atoms with van der Waals surface area (Å²) in [6, 6.07) is 10.8. The first-order valence-electron chi connectivity index (χ1n) is 12.3. The third-order valence-electron chi connectivity index (χ3n) is 6.87. The van der Waals surface area contributed by atoms with Crippen molar-refractivity contribution in [3.8, 4) is 0 Å². The van der Waals surface area contributed by atoms with Gasteiger partial charge in [-0.2, -0.15) is 5.10 Å². The second kappa shape index (κ2) is 10.6. The number of amides is 2. The van der Waals surface area contributed by atoms with E-state index < -0.39 is 10.8 Å². The zero-order chi connectivity index (χ0) is 26.0. The van der Waals surface area contributed by atoms with Gasteiger partial charge in [-0.1, -0.05) is 0 Å². The summed E-state index contributed by atoms with van der Waals surface area (Å²) in [6.45, 7) is 9.62. The van der Waals surface area contributed by atoms with E-state index in [4.69, 9.17) is 0 Å². The van der Waals surface area contributed by atoms with Crippen molar-refractivity contribution in [3.63, 3.8) is 0 Å². The molecule has 1 saturated heterocycles. The number of rotatable bonds is 7. The van der Waals surface area contributed by atoms with Crippen molar-refractivity contribution < 1.29 is 20.1 Å². The van der Waals surface area contributed by atoms with Crippen molar-refractivity contribution in [3.05, 3.63) is 59.4 Å². The molecule has 2 amide bonds. The van der Waals surface area contributed by atoms with Gasteiger partial charge in [0.15, 0.2) is 0 Å². The molecule has 9 nitrogen and oxygen atoms in total. The Morgan fingerprint density at radius 1 is 1.14 bits per heavy atom. The molecule has 196 valence electrons. The van der Waals surface area contributed by atoms with Crippen LogP contribution in [0.4, 0.5) is 5.69 Å². The zero-order valence-corrected chi connectivity index (χ0v) is 22.1. The fraction of sp³-hybridized carbons (Fsp3) is 0.423. The van der Waals surface area contributed by atoms with Gasteiger partial charge in [0.05, 0.1) is 21.7 Å². The van der Waals surface area contributed by atoms with Crippen molar-refractivity contribution in [2.24, 2.45) is 0 Å². The molecule has 0 unspecified atom stereocenters. The minimum Gasteiger partial charge on any atom is -0.339 e. The summed E-state index contributed by atoms with van der Waals surface area (Å²) in [5.41, 5.74) is 3.93. The molecule has 10 heteroatoms. The van der Waals surface area contributed by atoms with E-state index in [1.807, 2.05) is 37.9 Å². The monoisotopic (exact) mass is 515 g/mol. The summed E-state index contributed by atoms with van der Waals surface area (Å²) in [4.78, 5) is 26.6. The lowest BCUT2D eigenvalue weighted by molar-refractivity contribution is -0.114. The van der Waals surface area contributed by atoms with Gasteiger partial charge >= 0.3 is 0 Å². The Morgan fingerprint density at radius 3 is 2.36 bits per heavy atom. The zero-order valence-electron chi connectivity index (χ0n) is 21.3. The van der Waals surface area contributed by atoms with Crippen molar-refractivity contribution in [1.29, 1.82) is 0 Å². The van der Waals surface area contributed by atoms with Crippen LogP contribution in [-0.4, -0.2) is 65.9 Å². The first kappa shape index (κ1) is 26.2. The summed E-state index contributed by atoms with van der Waals surface area (Å²) in [7, 11) is -3.12. The average molecular weight is 516 g/mol. The van der Waals surface area contributed by atoms with Crippen molar-refractivity contribution in [2.45, 2.75) is 51.3 Å². The number of carbonyl (C=O) groups is 2. The Hall–Kier alpha value is -2.92. The number of anilines is 1. The number of nitrogens with zero attached hydrogens (tertiary/aromatic N) is 4. The number of pyridine rings is 1. The van der Waals surface area contributed by atoms with Crippen molar-refractivity contribution >= 4 is 33.8 Å². The second-order valence-corrected chi connectivity index (χ2v) is 11.2. The number of aromatic nitrogens is 2. The van der Waals surface area contributed by atoms with E-state index in [9.17, 15) is 18.7 Å². The maximum absolute atomic E-state index is 13.1. The smallest absolute Gasteiger partial charge is 0.257 e. The van der Waals surface area contributed by atoms with Crippen LogP contribution in [0.2, 0.25) is 0 Å². The summed E-state index contributed by atoms with van der Waals surface area (Å²) in [5, 5.41) is 7.23. The van der Waals surface area contributed by atoms with Gasteiger partial charge in [-0.25, -0.2) is 8.82 Å². The SMILES string of the molecule is CCN(CC)C(=O)c1c(C)nn2ccc(C3CCN(S(O)(O)c4ccc(NC(C)=O)cc4)CC3)cc12.[HH]. The fourth-order valence-corrected chi connectivity index (χ4v) is 6.40. The van der Waals surface area contributed by atoms with Crippen LogP contribution in [0.1, 0.15) is 62.6 Å². The third kappa shape index (κ3) is 5.12. The van der Waals surface area contributed by atoms with Crippen LogP contribution in [-0.2, 0) is 4.79 Å². The normalized spacial score (nSPS) is 15.7. The van der Waals surface area contributed by atoms with E-state index in [-0.39, 0.29) is 19.2 Å². The molecule has 0 atom stereocenters. The molecule has 3 aromatic rings. The number of hydrogen-bond donors (Lipinski definition) is 3. The van der Waals surface area contributed by atoms with Gasteiger partial charge in [0.2, 0.25) is 5.91 Å². The van der Waals surface area contributed by atoms with E-state index in [0.717, 1.165) is 29.6 Å². The quantitative estimate of drug-likeness (QED) is 0.397. The molecule has 1 fully saturated rings. The van der Waals surface area contributed by atoms with Crippen LogP contribution in [0.3, 0.4) is 0 Å². The molecule has 1 aliphatic heterocycles. The van der Waals surface area contributed by atoms with Gasteiger partial charge in [-0.05, 0) is 81.5 Å². The van der Waals surface area contributed by atoms with Gasteiger partial charge < -0.3 is 10.2 Å². The summed E-state index contributed by atoms with van der Waals surface area (Å²) >= 11 is 0. The molecule has 0 bridgehead atoms. The van der Waals surface area contributed by atoms with Crippen molar-refractivity contribution in [1.82, 2.24) is 18.8 Å². The topological polar surface area (TPSA) is 110 Å². The van der Waals surface area contributed by atoms with Crippen LogP contribution in [0.5, 0.6) is 0 Å². The van der Waals surface area contributed by atoms with Gasteiger partial charge in [-0.3, -0.25) is 18.7 Å². The van der Waals surface area contributed by atoms with E-state index in [1.165, 1.54) is 6.92 Å². The maximum atomic E-state index is 13.1. The molecule has 36 heavy (non-hydrogen) atoms. The Labute approximate surface area is 215 Å². The molecule has 2 aromatic heterocycles. The summed E-state index contributed by atoms with van der Waals surface area (Å²) < 4.78 is 25.5. The van der Waals surface area contributed by atoms with Crippen LogP contribution in [0, 0.1) is 6.92 Å². The van der Waals surface area contributed by atoms with E-state index in [2.05, 4.69) is 16.5 Å². The molecular weight excluding hydrogens is 478 g/mol. The van der Waals surface area contributed by atoms with Gasteiger partial charge in [0.1, 0.15) is 0 Å². The number of fused-ring (bicyclic) bond motifs is 1. The molecular formula is C26H37N5O4S. The fourth-order valence-electron chi connectivity index (χ4n) is 4.88. The minimum atomic E-state index is -3.12. The number of carbonyl (C=O) groups excluding carboxylic acids is 2. The third-order valence-corrected chi connectivity index (χ3v) is 8.86. The Bertz CT molecular complexity index is 1250. The standard InChI is InChI=1S/C26H35N5O4S.H2/c1-5-29(6-2)26(33)25-18(3)28-31-16-13-21(17-24(25)31)20-11-14-30(15-12-20)36(34,35)23-9-7-22(8-10-23)27-19(4)32;/h7-10,13,16-17,20,34-35H,5-6,11-12,14-15H2,1-4H3,(H,27,32);1H. The maximum Gasteiger partial charge on any atom is 0.257 e. The van der Waals surface area contributed by atoms with Crippen LogP contribution in [0.15, 0.2) is 47.5 Å². The van der Waals surface area contributed by atoms with Crippen molar-refractivity contribution in [2.75, 3.05) is 31.5 Å². The number of nitrogens with one attached hydrogen (secondary N) is 1. The number of benzene rings is 1. The van der Waals surface area contributed by atoms with E-state index >= 15 is 0 Å². The predicted molar refractivity (Wildman–Crippen MR) is 145 cm³/mol. The highest BCUT2D eigenvalue weighted by Crippen LogP contribution is 2.53. The Kier molecular flexibility index (Phi) is 7.70. The second-order valence-electron chi connectivity index (χ2n) is 9.16. The molecule has 1 aliphatic rings. The molecule has 1 aromatic carbocycles. The highest BCUT2D eigenvalue weighted by molar-refractivity contribution is 8.22. The molecule has 0 spiro atoms. The van der Waals surface area contributed by atoms with Crippen LogP contribution in [0.25, 0.3) is 5.52 Å². The number of piperidine rings is 1. The summed E-state index contributed by atoms with van der Waals surface area (Å²) in [5.74, 6) is 0.0680. The minimum absolute atomic E-state index is 0. The van der Waals surface area contributed by atoms with Gasteiger partial charge in [0.25, 0.3) is 5.91 Å². The summed E-state index contributed by atoms with van der Waals surface area (Å²) in [6.07, 6.45) is 3.44. The lowest BCUT2D eigenvalue weighted by Crippen LogP contribution is -2.35. The molecule has 4 rings (SSSR count). The lowest BCUT2D eigenvalue weighted by Gasteiger charge is -2.46. The van der Waals surface area contributed by atoms with E-state index in [0.29, 0.717) is 42.3 Å². The molecule has 3 N–H and O–H groups in total. The first-order chi connectivity index (χ1) is 17.1. The molecule has 3 heterocycles. The van der Waals surface area contributed by atoms with E-state index in [1.54, 1.807) is 33.1 Å². The molecule has 0 saturated carbocycles. The predicted octanol–water partition coefficient (Wildman–Crippen LogP) is 5.23. The largest absolute Gasteiger partial charge is 0.339 e. The Balaban J connectivity index is 0.00000380. The molecule has 0 radical (unpaired) electrons. The average Bonchev–Trinajstić information content (AvgIpc) is 3.19. The first-order valence-corrected chi connectivity index (χ1v) is 13.8. The Morgan fingerprint density at radius 2 is 1.78 bits per heavy atom. The number of aryl methyl sites for hydroxylation is 1.